The van der Waals surface area contributed by atoms with Gasteiger partial charge in [-0.25, -0.2) is 0 Å². The SMILES string of the molecule is CCOc1ccc(C)cc1CCC1OC1CC. The van der Waals surface area contributed by atoms with E-state index in [0.29, 0.717) is 12.2 Å². The average Bonchev–Trinajstić information content (AvgIpc) is 3.08. The zero-order chi connectivity index (χ0) is 12.3. The Bertz CT molecular complexity index is 373. The van der Waals surface area contributed by atoms with Crippen molar-refractivity contribution in [1.82, 2.24) is 0 Å². The van der Waals surface area contributed by atoms with Crippen LogP contribution in [0.1, 0.15) is 37.8 Å². The van der Waals surface area contributed by atoms with Gasteiger partial charge >= 0.3 is 0 Å². The van der Waals surface area contributed by atoms with Gasteiger partial charge in [0.1, 0.15) is 5.75 Å². The van der Waals surface area contributed by atoms with E-state index in [-0.39, 0.29) is 0 Å². The first-order valence-corrected chi connectivity index (χ1v) is 6.62. The van der Waals surface area contributed by atoms with Gasteiger partial charge < -0.3 is 9.47 Å². The fourth-order valence-corrected chi connectivity index (χ4v) is 2.29. The van der Waals surface area contributed by atoms with E-state index in [1.165, 1.54) is 11.1 Å². The van der Waals surface area contributed by atoms with Gasteiger partial charge in [0.05, 0.1) is 18.8 Å². The van der Waals surface area contributed by atoms with Crippen molar-refractivity contribution in [3.8, 4) is 5.75 Å². The molecule has 17 heavy (non-hydrogen) atoms. The summed E-state index contributed by atoms with van der Waals surface area (Å²) in [5, 5.41) is 0. The maximum absolute atomic E-state index is 5.66. The summed E-state index contributed by atoms with van der Waals surface area (Å²) in [6.07, 6.45) is 4.29. The molecule has 2 nitrogen and oxygen atoms in total. The van der Waals surface area contributed by atoms with E-state index < -0.39 is 0 Å². The van der Waals surface area contributed by atoms with Crippen LogP contribution in [0.4, 0.5) is 0 Å². The molecule has 0 N–H and O–H groups in total. The summed E-state index contributed by atoms with van der Waals surface area (Å²) in [5.74, 6) is 1.03. The molecule has 0 amide bonds. The zero-order valence-corrected chi connectivity index (χ0v) is 11.0. The molecule has 1 aromatic carbocycles. The van der Waals surface area contributed by atoms with Crippen LogP contribution in [-0.2, 0) is 11.2 Å². The van der Waals surface area contributed by atoms with E-state index >= 15 is 0 Å². The molecule has 1 aliphatic rings. The van der Waals surface area contributed by atoms with Crippen molar-refractivity contribution in [2.24, 2.45) is 0 Å². The van der Waals surface area contributed by atoms with Gasteiger partial charge in [0.2, 0.25) is 0 Å². The lowest BCUT2D eigenvalue weighted by atomic mass is 10.0. The lowest BCUT2D eigenvalue weighted by molar-refractivity contribution is 0.333. The maximum Gasteiger partial charge on any atom is 0.122 e. The molecular weight excluding hydrogens is 212 g/mol. The predicted octanol–water partition coefficient (Wildman–Crippen LogP) is 3.50. The van der Waals surface area contributed by atoms with Crippen LogP contribution in [-0.4, -0.2) is 18.8 Å². The number of ether oxygens (including phenoxy) is 2. The molecule has 1 saturated heterocycles. The lowest BCUT2D eigenvalue weighted by Gasteiger charge is -2.10. The molecule has 1 fully saturated rings. The third-order valence-corrected chi connectivity index (χ3v) is 3.30. The summed E-state index contributed by atoms with van der Waals surface area (Å²) in [4.78, 5) is 0. The monoisotopic (exact) mass is 234 g/mol. The molecule has 2 rings (SSSR count). The van der Waals surface area contributed by atoms with Gasteiger partial charge in [-0.2, -0.15) is 0 Å². The van der Waals surface area contributed by atoms with Gasteiger partial charge in [-0.3, -0.25) is 0 Å². The van der Waals surface area contributed by atoms with Crippen LogP contribution in [0.15, 0.2) is 18.2 Å². The normalized spacial score (nSPS) is 22.5. The molecule has 2 atom stereocenters. The second kappa shape index (κ2) is 5.54. The minimum atomic E-state index is 0.481. The molecule has 0 spiro atoms. The Morgan fingerprint density at radius 1 is 1.24 bits per heavy atom. The van der Waals surface area contributed by atoms with Gasteiger partial charge in [0, 0.05) is 0 Å². The van der Waals surface area contributed by atoms with Crippen LogP contribution in [0.3, 0.4) is 0 Å². The number of hydrogen-bond donors (Lipinski definition) is 0. The standard InChI is InChI=1S/C15H22O2/c1-4-13-15(17-13)9-7-12-10-11(3)6-8-14(12)16-5-2/h6,8,10,13,15H,4-5,7,9H2,1-3H3. The Morgan fingerprint density at radius 2 is 2.06 bits per heavy atom. The largest absolute Gasteiger partial charge is 0.494 e. The summed E-state index contributed by atoms with van der Waals surface area (Å²) in [5.41, 5.74) is 2.62. The fourth-order valence-electron chi connectivity index (χ4n) is 2.29. The van der Waals surface area contributed by atoms with Crippen molar-refractivity contribution >= 4 is 0 Å². The van der Waals surface area contributed by atoms with E-state index in [1.54, 1.807) is 0 Å². The van der Waals surface area contributed by atoms with Crippen LogP contribution >= 0.6 is 0 Å². The van der Waals surface area contributed by atoms with E-state index in [0.717, 1.165) is 31.6 Å². The first-order chi connectivity index (χ1) is 8.24. The molecular formula is C15H22O2. The number of benzene rings is 1. The third kappa shape index (κ3) is 3.22. The van der Waals surface area contributed by atoms with E-state index in [1.807, 2.05) is 6.92 Å². The smallest absolute Gasteiger partial charge is 0.122 e. The minimum absolute atomic E-state index is 0.481. The highest BCUT2D eigenvalue weighted by Gasteiger charge is 2.36. The van der Waals surface area contributed by atoms with Gasteiger partial charge in [-0.05, 0) is 44.7 Å². The number of aryl methyl sites for hydroxylation is 2. The van der Waals surface area contributed by atoms with Crippen molar-refractivity contribution in [1.29, 1.82) is 0 Å². The first-order valence-electron chi connectivity index (χ1n) is 6.62. The second-order valence-electron chi connectivity index (χ2n) is 4.70. The summed E-state index contributed by atoms with van der Waals surface area (Å²) in [7, 11) is 0. The molecule has 0 aromatic heterocycles. The number of hydrogen-bond acceptors (Lipinski definition) is 2. The van der Waals surface area contributed by atoms with Gasteiger partial charge in [-0.15, -0.1) is 0 Å². The molecule has 1 aromatic rings. The van der Waals surface area contributed by atoms with Crippen molar-refractivity contribution in [3.05, 3.63) is 29.3 Å². The van der Waals surface area contributed by atoms with Crippen molar-refractivity contribution in [3.63, 3.8) is 0 Å². The van der Waals surface area contributed by atoms with Crippen LogP contribution in [0.5, 0.6) is 5.75 Å². The molecule has 0 radical (unpaired) electrons. The topological polar surface area (TPSA) is 21.8 Å². The Labute approximate surface area is 104 Å². The highest BCUT2D eigenvalue weighted by molar-refractivity contribution is 5.37. The quantitative estimate of drug-likeness (QED) is 0.703. The van der Waals surface area contributed by atoms with Gasteiger partial charge in [0.25, 0.3) is 0 Å². The fraction of sp³-hybridized carbons (Fsp3) is 0.600. The second-order valence-corrected chi connectivity index (χ2v) is 4.70. The molecule has 1 aliphatic heterocycles. The van der Waals surface area contributed by atoms with Crippen molar-refractivity contribution < 1.29 is 9.47 Å². The maximum atomic E-state index is 5.66. The zero-order valence-electron chi connectivity index (χ0n) is 11.0. The summed E-state index contributed by atoms with van der Waals surface area (Å²) >= 11 is 0. The van der Waals surface area contributed by atoms with E-state index in [9.17, 15) is 0 Å². The Balaban J connectivity index is 1.96. The summed E-state index contributed by atoms with van der Waals surface area (Å²) in [6.45, 7) is 7.07. The molecule has 1 heterocycles. The summed E-state index contributed by atoms with van der Waals surface area (Å²) in [6, 6.07) is 6.42. The lowest BCUT2D eigenvalue weighted by Crippen LogP contribution is -2.00. The predicted molar refractivity (Wildman–Crippen MR) is 69.6 cm³/mol. The van der Waals surface area contributed by atoms with Crippen LogP contribution in [0.25, 0.3) is 0 Å². The average molecular weight is 234 g/mol. The van der Waals surface area contributed by atoms with Crippen molar-refractivity contribution in [2.75, 3.05) is 6.61 Å². The Hall–Kier alpha value is -1.02. The van der Waals surface area contributed by atoms with Gasteiger partial charge in [-0.1, -0.05) is 24.6 Å². The van der Waals surface area contributed by atoms with E-state index in [4.69, 9.17) is 9.47 Å². The van der Waals surface area contributed by atoms with Crippen LogP contribution in [0.2, 0.25) is 0 Å². The molecule has 0 saturated carbocycles. The highest BCUT2D eigenvalue weighted by Crippen LogP contribution is 2.31. The van der Waals surface area contributed by atoms with E-state index in [2.05, 4.69) is 32.0 Å². The third-order valence-electron chi connectivity index (χ3n) is 3.30. The highest BCUT2D eigenvalue weighted by atomic mass is 16.6. The number of epoxide rings is 1. The van der Waals surface area contributed by atoms with Crippen LogP contribution in [0, 0.1) is 6.92 Å². The number of rotatable bonds is 6. The van der Waals surface area contributed by atoms with Crippen LogP contribution < -0.4 is 4.74 Å². The molecule has 0 aliphatic carbocycles. The summed E-state index contributed by atoms with van der Waals surface area (Å²) < 4.78 is 11.2. The Morgan fingerprint density at radius 3 is 2.71 bits per heavy atom. The van der Waals surface area contributed by atoms with Gasteiger partial charge in [0.15, 0.2) is 0 Å². The molecule has 94 valence electrons. The molecule has 0 bridgehead atoms. The molecule has 2 unspecified atom stereocenters. The first kappa shape index (κ1) is 12.4. The van der Waals surface area contributed by atoms with Crippen molar-refractivity contribution in [2.45, 2.75) is 52.2 Å². The minimum Gasteiger partial charge on any atom is -0.494 e. The Kier molecular flexibility index (Phi) is 4.06. The molecule has 2 heteroatoms.